The van der Waals surface area contributed by atoms with E-state index in [0.717, 1.165) is 16.7 Å². The third-order valence-corrected chi connectivity index (χ3v) is 6.60. The number of nitrogens with zero attached hydrogens (tertiary/aromatic N) is 6. The van der Waals surface area contributed by atoms with E-state index in [1.165, 1.54) is 39.5 Å². The number of aryl methyl sites for hydroxylation is 1. The molecule has 196 valence electrons. The summed E-state index contributed by atoms with van der Waals surface area (Å²) in [5.74, 6) is 0.539. The molecule has 2 aromatic carbocycles. The van der Waals surface area contributed by atoms with Crippen molar-refractivity contribution in [3.8, 4) is 22.8 Å². The molecule has 1 aliphatic rings. The number of ether oxygens (including phenoxy) is 1. The predicted molar refractivity (Wildman–Crippen MR) is 139 cm³/mol. The molecule has 2 amide bonds. The highest BCUT2D eigenvalue weighted by Crippen LogP contribution is 2.34. The lowest BCUT2D eigenvalue weighted by Crippen LogP contribution is -2.33. The second-order valence-corrected chi connectivity index (χ2v) is 8.77. The molecule has 0 bridgehead atoms. The summed E-state index contributed by atoms with van der Waals surface area (Å²) in [5.41, 5.74) is 3.25. The molecular formula is C27H26F2N6O3. The Morgan fingerprint density at radius 1 is 1.00 bits per heavy atom. The molecule has 9 nitrogen and oxygen atoms in total. The highest BCUT2D eigenvalue weighted by molar-refractivity contribution is 6.06. The summed E-state index contributed by atoms with van der Waals surface area (Å²) < 4.78 is 34.2. The van der Waals surface area contributed by atoms with Crippen LogP contribution in [-0.4, -0.2) is 45.6 Å². The van der Waals surface area contributed by atoms with Crippen molar-refractivity contribution < 1.29 is 18.3 Å². The fourth-order valence-corrected chi connectivity index (χ4v) is 4.72. The Labute approximate surface area is 217 Å². The number of hydrogen-bond donors (Lipinski definition) is 0. The van der Waals surface area contributed by atoms with Crippen molar-refractivity contribution in [3.63, 3.8) is 0 Å². The largest absolute Gasteiger partial charge is 0.467 e. The van der Waals surface area contributed by atoms with Gasteiger partial charge in [0, 0.05) is 43.1 Å². The molecule has 1 fully saturated rings. The molecule has 0 atom stereocenters. The van der Waals surface area contributed by atoms with Gasteiger partial charge < -0.3 is 4.74 Å². The Bertz CT molecular complexity index is 1550. The van der Waals surface area contributed by atoms with Crippen LogP contribution in [0, 0.1) is 0 Å². The Morgan fingerprint density at radius 3 is 2.42 bits per heavy atom. The Kier molecular flexibility index (Phi) is 6.66. The Morgan fingerprint density at radius 2 is 1.74 bits per heavy atom. The number of benzene rings is 2. The average molecular weight is 521 g/mol. The van der Waals surface area contributed by atoms with Crippen molar-refractivity contribution in [1.29, 1.82) is 0 Å². The van der Waals surface area contributed by atoms with E-state index in [2.05, 4.69) is 10.1 Å². The number of hydrogen-bond acceptors (Lipinski definition) is 5. The number of carbonyl (C=O) groups excluding carboxylic acids is 1. The molecule has 1 aliphatic heterocycles. The maximum Gasteiger partial charge on any atom is 0.353 e. The van der Waals surface area contributed by atoms with Gasteiger partial charge in [-0.25, -0.2) is 32.6 Å². The van der Waals surface area contributed by atoms with Crippen LogP contribution in [0.25, 0.3) is 16.8 Å². The van der Waals surface area contributed by atoms with Crippen LogP contribution in [-0.2, 0) is 13.5 Å². The predicted octanol–water partition coefficient (Wildman–Crippen LogP) is 4.59. The summed E-state index contributed by atoms with van der Waals surface area (Å²) >= 11 is 0. The van der Waals surface area contributed by atoms with Crippen molar-refractivity contribution in [2.24, 2.45) is 7.05 Å². The number of halogens is 2. The third-order valence-electron chi connectivity index (χ3n) is 6.60. The van der Waals surface area contributed by atoms with E-state index in [9.17, 15) is 18.4 Å². The highest BCUT2D eigenvalue weighted by Gasteiger charge is 2.33. The lowest BCUT2D eigenvalue weighted by molar-refractivity contribution is 0.151. The maximum atomic E-state index is 13.4. The summed E-state index contributed by atoms with van der Waals surface area (Å²) in [6.07, 6.45) is -0.348. The van der Waals surface area contributed by atoms with Crippen molar-refractivity contribution in [2.75, 3.05) is 30.0 Å². The molecule has 4 aromatic rings. The molecule has 0 aliphatic carbocycles. The third kappa shape index (κ3) is 4.29. The SMILES string of the molecule is CCc1c(-c2ccc(-n3c(OC)nn(C)c3=O)cc2)ccnc1N1CCN(c2cccc(C(F)F)c2)C1=O. The van der Waals surface area contributed by atoms with E-state index in [1.54, 1.807) is 36.3 Å². The fourth-order valence-electron chi connectivity index (χ4n) is 4.72. The average Bonchev–Trinajstić information content (AvgIpc) is 3.46. The van der Waals surface area contributed by atoms with Crippen LogP contribution in [0.4, 0.5) is 25.1 Å². The molecule has 11 heteroatoms. The zero-order valence-corrected chi connectivity index (χ0v) is 21.1. The molecule has 1 saturated heterocycles. The van der Waals surface area contributed by atoms with Crippen LogP contribution < -0.4 is 20.2 Å². The van der Waals surface area contributed by atoms with Gasteiger partial charge in [0.05, 0.1) is 12.8 Å². The second-order valence-electron chi connectivity index (χ2n) is 8.77. The van der Waals surface area contributed by atoms with E-state index >= 15 is 0 Å². The molecule has 5 rings (SSSR count). The van der Waals surface area contributed by atoms with Gasteiger partial charge in [0.2, 0.25) is 0 Å². The summed E-state index contributed by atoms with van der Waals surface area (Å²) in [6.45, 7) is 2.73. The van der Waals surface area contributed by atoms with E-state index in [4.69, 9.17) is 4.74 Å². The first-order chi connectivity index (χ1) is 18.3. The molecular weight excluding hydrogens is 494 g/mol. The van der Waals surface area contributed by atoms with Crippen LogP contribution in [0.1, 0.15) is 24.5 Å². The normalized spacial score (nSPS) is 13.6. The van der Waals surface area contributed by atoms with Gasteiger partial charge >= 0.3 is 17.7 Å². The van der Waals surface area contributed by atoms with E-state index in [0.29, 0.717) is 36.7 Å². The quantitative estimate of drug-likeness (QED) is 0.356. The van der Waals surface area contributed by atoms with Gasteiger partial charge in [-0.3, -0.25) is 9.80 Å². The van der Waals surface area contributed by atoms with Gasteiger partial charge in [-0.05, 0) is 47.9 Å². The summed E-state index contributed by atoms with van der Waals surface area (Å²) in [5, 5.41) is 4.08. The van der Waals surface area contributed by atoms with Crippen molar-refractivity contribution in [1.82, 2.24) is 19.3 Å². The zero-order chi connectivity index (χ0) is 27.0. The minimum atomic E-state index is -2.61. The maximum absolute atomic E-state index is 13.4. The molecule has 3 heterocycles. The summed E-state index contributed by atoms with van der Waals surface area (Å²) in [6, 6.07) is 15.0. The number of methoxy groups -OCH3 is 1. The van der Waals surface area contributed by atoms with Crippen molar-refractivity contribution in [2.45, 2.75) is 19.8 Å². The van der Waals surface area contributed by atoms with Gasteiger partial charge in [-0.1, -0.05) is 31.2 Å². The second kappa shape index (κ2) is 10.1. The molecule has 0 radical (unpaired) electrons. The van der Waals surface area contributed by atoms with Gasteiger partial charge in [-0.2, -0.15) is 0 Å². The molecule has 0 spiro atoms. The standard InChI is InChI=1S/C27H26F2N6O3/c1-4-21-22(17-8-10-19(11-9-17)35-25(38-3)31-32(2)26(35)36)12-13-30-24(21)34-15-14-33(27(34)37)20-7-5-6-18(16-20)23(28)29/h5-13,16,23H,4,14-15H2,1-3H3. The van der Waals surface area contributed by atoms with Gasteiger partial charge in [0.25, 0.3) is 6.43 Å². The number of pyridine rings is 1. The first-order valence-electron chi connectivity index (χ1n) is 12.1. The highest BCUT2D eigenvalue weighted by atomic mass is 19.3. The van der Waals surface area contributed by atoms with Crippen molar-refractivity contribution >= 4 is 17.5 Å². The molecule has 38 heavy (non-hydrogen) atoms. The lowest BCUT2D eigenvalue weighted by Gasteiger charge is -2.22. The van der Waals surface area contributed by atoms with Gasteiger partial charge in [0.15, 0.2) is 0 Å². The van der Waals surface area contributed by atoms with E-state index in [1.807, 2.05) is 25.1 Å². The topological polar surface area (TPSA) is 85.5 Å². The zero-order valence-electron chi connectivity index (χ0n) is 21.1. The number of aromatic nitrogens is 4. The number of carbonyl (C=O) groups is 1. The number of rotatable bonds is 7. The summed E-state index contributed by atoms with van der Waals surface area (Å²) in [4.78, 5) is 33.5. The van der Waals surface area contributed by atoms with Crippen LogP contribution in [0.15, 0.2) is 65.6 Å². The van der Waals surface area contributed by atoms with E-state index in [-0.39, 0.29) is 23.3 Å². The van der Waals surface area contributed by atoms with Crippen LogP contribution >= 0.6 is 0 Å². The Balaban J connectivity index is 1.47. The van der Waals surface area contributed by atoms with Crippen LogP contribution in [0.3, 0.4) is 0 Å². The molecule has 0 unspecified atom stereocenters. The van der Waals surface area contributed by atoms with Gasteiger partial charge in [0.1, 0.15) is 5.82 Å². The minimum absolute atomic E-state index is 0.127. The molecule has 2 aromatic heterocycles. The fraction of sp³-hybridized carbons (Fsp3) is 0.259. The van der Waals surface area contributed by atoms with Crippen molar-refractivity contribution in [3.05, 3.63) is 82.4 Å². The first kappa shape index (κ1) is 25.1. The van der Waals surface area contributed by atoms with Crippen LogP contribution in [0.5, 0.6) is 6.01 Å². The first-order valence-corrected chi connectivity index (χ1v) is 12.1. The monoisotopic (exact) mass is 520 g/mol. The smallest absolute Gasteiger partial charge is 0.353 e. The minimum Gasteiger partial charge on any atom is -0.467 e. The molecule has 0 N–H and O–H groups in total. The van der Waals surface area contributed by atoms with Gasteiger partial charge in [-0.15, -0.1) is 5.10 Å². The molecule has 0 saturated carbocycles. The summed E-state index contributed by atoms with van der Waals surface area (Å²) in [7, 11) is 3.01. The number of amides is 2. The number of alkyl halides is 2. The van der Waals surface area contributed by atoms with Crippen LogP contribution in [0.2, 0.25) is 0 Å². The number of anilines is 2. The lowest BCUT2D eigenvalue weighted by atomic mass is 9.98. The van der Waals surface area contributed by atoms with E-state index < -0.39 is 6.43 Å². The Hall–Kier alpha value is -4.54. The number of urea groups is 1.